The number of amides is 2. The lowest BCUT2D eigenvalue weighted by molar-refractivity contribution is -0.129. The average Bonchev–Trinajstić information content (AvgIpc) is 2.63. The highest BCUT2D eigenvalue weighted by molar-refractivity contribution is 7.89. The van der Waals surface area contributed by atoms with Gasteiger partial charge in [-0.3, -0.25) is 9.59 Å². The van der Waals surface area contributed by atoms with E-state index in [9.17, 15) is 18.0 Å². The third-order valence-corrected chi connectivity index (χ3v) is 6.65. The molecule has 2 aromatic carbocycles. The first kappa shape index (κ1) is 21.1. The summed E-state index contributed by atoms with van der Waals surface area (Å²) in [7, 11) is -0.993. The number of anilines is 2. The van der Waals surface area contributed by atoms with Crippen molar-refractivity contribution in [3.63, 3.8) is 0 Å². The van der Waals surface area contributed by atoms with Gasteiger partial charge in [0, 0.05) is 25.3 Å². The minimum absolute atomic E-state index is 0.0490. The van der Waals surface area contributed by atoms with E-state index in [-0.39, 0.29) is 27.1 Å². The summed E-state index contributed by atoms with van der Waals surface area (Å²) in [5.74, 6) is -0.349. The molecule has 0 bridgehead atoms. The summed E-state index contributed by atoms with van der Waals surface area (Å²) in [5, 5.41) is 5.40. The Bertz CT molecular complexity index is 1110. The van der Waals surface area contributed by atoms with Gasteiger partial charge in [0.25, 0.3) is 11.8 Å². The zero-order valence-corrected chi connectivity index (χ0v) is 17.8. The van der Waals surface area contributed by atoms with E-state index in [0.29, 0.717) is 11.4 Å². The Balaban J connectivity index is 1.87. The van der Waals surface area contributed by atoms with Crippen LogP contribution < -0.4 is 15.4 Å². The summed E-state index contributed by atoms with van der Waals surface area (Å²) in [6.45, 7) is 3.29. The molecule has 0 saturated carbocycles. The maximum atomic E-state index is 12.6. The molecule has 0 atom stereocenters. The fourth-order valence-electron chi connectivity index (χ4n) is 2.63. The van der Waals surface area contributed by atoms with Gasteiger partial charge in [0.2, 0.25) is 10.0 Å². The van der Waals surface area contributed by atoms with Crippen molar-refractivity contribution >= 4 is 44.8 Å². The topological polar surface area (TPSA) is 105 Å². The second-order valence-corrected chi connectivity index (χ2v) is 9.69. The first-order chi connectivity index (χ1) is 13.4. The highest BCUT2D eigenvalue weighted by Gasteiger charge is 2.35. The summed E-state index contributed by atoms with van der Waals surface area (Å²) in [6.07, 6.45) is 0. The Labute approximate surface area is 173 Å². The van der Waals surface area contributed by atoms with Crippen molar-refractivity contribution in [2.24, 2.45) is 0 Å². The van der Waals surface area contributed by atoms with Gasteiger partial charge in [-0.05, 0) is 50.2 Å². The van der Waals surface area contributed by atoms with Crippen molar-refractivity contribution in [2.45, 2.75) is 24.3 Å². The standard InChI is InChI=1S/C19H20ClN3O5S/c1-19(2)18(25)22-14-9-11(5-8-15(14)28-19)17(24)21-12-6-7-13(20)16(10-12)29(26,27)23(3)4/h5-10H,1-4H3,(H,21,24)(H,22,25). The van der Waals surface area contributed by atoms with E-state index < -0.39 is 21.5 Å². The maximum absolute atomic E-state index is 12.6. The van der Waals surface area contributed by atoms with Crippen LogP contribution in [-0.2, 0) is 14.8 Å². The predicted molar refractivity (Wildman–Crippen MR) is 110 cm³/mol. The summed E-state index contributed by atoms with van der Waals surface area (Å²) in [6, 6.07) is 8.83. The van der Waals surface area contributed by atoms with Crippen LogP contribution in [0.5, 0.6) is 5.75 Å². The molecule has 0 radical (unpaired) electrons. The Morgan fingerprint density at radius 2 is 1.86 bits per heavy atom. The van der Waals surface area contributed by atoms with Gasteiger partial charge in [-0.25, -0.2) is 12.7 Å². The largest absolute Gasteiger partial charge is 0.476 e. The number of carbonyl (C=O) groups is 2. The quantitative estimate of drug-likeness (QED) is 0.765. The number of rotatable bonds is 4. The van der Waals surface area contributed by atoms with E-state index in [2.05, 4.69) is 10.6 Å². The summed E-state index contributed by atoms with van der Waals surface area (Å²) < 4.78 is 31.4. The van der Waals surface area contributed by atoms with Crippen molar-refractivity contribution in [3.8, 4) is 5.75 Å². The SMILES string of the molecule is CN(C)S(=O)(=O)c1cc(NC(=O)c2ccc3c(c2)NC(=O)C(C)(C)O3)ccc1Cl. The van der Waals surface area contributed by atoms with E-state index in [4.69, 9.17) is 16.3 Å². The number of hydrogen-bond donors (Lipinski definition) is 2. The molecular formula is C19H20ClN3O5S. The third kappa shape index (κ3) is 4.07. The molecule has 2 aromatic rings. The van der Waals surface area contributed by atoms with E-state index in [1.807, 2.05) is 0 Å². The van der Waals surface area contributed by atoms with Gasteiger partial charge in [-0.1, -0.05) is 11.6 Å². The molecule has 0 aliphatic carbocycles. The molecule has 2 N–H and O–H groups in total. The molecule has 8 nitrogen and oxygen atoms in total. The monoisotopic (exact) mass is 437 g/mol. The molecule has 0 fully saturated rings. The molecule has 1 heterocycles. The summed E-state index contributed by atoms with van der Waals surface area (Å²) >= 11 is 6.02. The van der Waals surface area contributed by atoms with Crippen molar-refractivity contribution in [3.05, 3.63) is 47.0 Å². The Morgan fingerprint density at radius 3 is 2.52 bits per heavy atom. The lowest BCUT2D eigenvalue weighted by atomic mass is 10.0. The fraction of sp³-hybridized carbons (Fsp3) is 0.263. The van der Waals surface area contributed by atoms with Crippen LogP contribution in [0, 0.1) is 0 Å². The fourth-order valence-corrected chi connectivity index (χ4v) is 4.02. The molecule has 1 aliphatic heterocycles. The molecule has 0 unspecified atom stereocenters. The number of halogens is 1. The predicted octanol–water partition coefficient (Wildman–Crippen LogP) is 2.95. The second kappa shape index (κ2) is 7.33. The maximum Gasteiger partial charge on any atom is 0.268 e. The second-order valence-electron chi connectivity index (χ2n) is 7.16. The van der Waals surface area contributed by atoms with Gasteiger partial charge in [-0.15, -0.1) is 0 Å². The third-order valence-electron chi connectivity index (χ3n) is 4.35. The van der Waals surface area contributed by atoms with Crippen LogP contribution >= 0.6 is 11.6 Å². The molecule has 2 amide bonds. The number of fused-ring (bicyclic) bond motifs is 1. The number of sulfonamides is 1. The van der Waals surface area contributed by atoms with E-state index >= 15 is 0 Å². The first-order valence-corrected chi connectivity index (χ1v) is 10.4. The summed E-state index contributed by atoms with van der Waals surface area (Å²) in [4.78, 5) is 24.6. The van der Waals surface area contributed by atoms with Crippen LogP contribution in [0.25, 0.3) is 0 Å². The number of nitrogens with one attached hydrogen (secondary N) is 2. The Hall–Kier alpha value is -2.62. The number of hydrogen-bond acceptors (Lipinski definition) is 5. The van der Waals surface area contributed by atoms with Gasteiger partial charge in [0.15, 0.2) is 5.60 Å². The van der Waals surface area contributed by atoms with E-state index in [1.165, 1.54) is 38.4 Å². The van der Waals surface area contributed by atoms with Gasteiger partial charge < -0.3 is 15.4 Å². The Kier molecular flexibility index (Phi) is 5.33. The van der Waals surface area contributed by atoms with Crippen molar-refractivity contribution < 1.29 is 22.7 Å². The van der Waals surface area contributed by atoms with Crippen LogP contribution in [0.3, 0.4) is 0 Å². The molecule has 1 aliphatic rings. The molecule has 154 valence electrons. The van der Waals surface area contributed by atoms with Crippen molar-refractivity contribution in [1.82, 2.24) is 4.31 Å². The minimum atomic E-state index is -3.77. The number of carbonyl (C=O) groups excluding carboxylic acids is 2. The van der Waals surface area contributed by atoms with Crippen LogP contribution in [0.1, 0.15) is 24.2 Å². The van der Waals surface area contributed by atoms with E-state index in [1.54, 1.807) is 26.0 Å². The highest BCUT2D eigenvalue weighted by atomic mass is 35.5. The number of benzene rings is 2. The zero-order valence-electron chi connectivity index (χ0n) is 16.2. The van der Waals surface area contributed by atoms with Crippen LogP contribution in [0.15, 0.2) is 41.3 Å². The number of ether oxygens (including phenoxy) is 1. The lowest BCUT2D eigenvalue weighted by Gasteiger charge is -2.31. The minimum Gasteiger partial charge on any atom is -0.476 e. The molecule has 0 saturated heterocycles. The summed E-state index contributed by atoms with van der Waals surface area (Å²) in [5.41, 5.74) is -0.0961. The highest BCUT2D eigenvalue weighted by Crippen LogP contribution is 2.34. The molecular weight excluding hydrogens is 418 g/mol. The Morgan fingerprint density at radius 1 is 1.17 bits per heavy atom. The van der Waals surface area contributed by atoms with Gasteiger partial charge in [0.05, 0.1) is 10.7 Å². The van der Waals surface area contributed by atoms with Crippen LogP contribution in [0.4, 0.5) is 11.4 Å². The van der Waals surface area contributed by atoms with Gasteiger partial charge in [-0.2, -0.15) is 0 Å². The van der Waals surface area contributed by atoms with Crippen molar-refractivity contribution in [1.29, 1.82) is 0 Å². The smallest absolute Gasteiger partial charge is 0.268 e. The molecule has 0 spiro atoms. The normalized spacial score (nSPS) is 15.3. The average molecular weight is 438 g/mol. The van der Waals surface area contributed by atoms with Crippen molar-refractivity contribution in [2.75, 3.05) is 24.7 Å². The number of nitrogens with zero attached hydrogens (tertiary/aromatic N) is 1. The molecule has 3 rings (SSSR count). The molecule has 10 heteroatoms. The molecule has 29 heavy (non-hydrogen) atoms. The van der Waals surface area contributed by atoms with Crippen LogP contribution in [-0.4, -0.2) is 44.2 Å². The van der Waals surface area contributed by atoms with Crippen LogP contribution in [0.2, 0.25) is 5.02 Å². The van der Waals surface area contributed by atoms with Gasteiger partial charge in [0.1, 0.15) is 10.6 Å². The first-order valence-electron chi connectivity index (χ1n) is 8.60. The van der Waals surface area contributed by atoms with Gasteiger partial charge >= 0.3 is 0 Å². The lowest BCUT2D eigenvalue weighted by Crippen LogP contribution is -2.45. The van der Waals surface area contributed by atoms with E-state index in [0.717, 1.165) is 4.31 Å². The zero-order chi connectivity index (χ0) is 21.6. The molecule has 0 aromatic heterocycles.